The van der Waals surface area contributed by atoms with Gasteiger partial charge in [0.05, 0.1) is 22.6 Å². The molecule has 6 nitrogen and oxygen atoms in total. The van der Waals surface area contributed by atoms with Crippen molar-refractivity contribution in [2.75, 3.05) is 10.6 Å². The molecule has 33 heavy (non-hydrogen) atoms. The van der Waals surface area contributed by atoms with Crippen molar-refractivity contribution in [2.24, 2.45) is 0 Å². The second-order valence-electron chi connectivity index (χ2n) is 6.92. The minimum atomic E-state index is -4.59. The predicted octanol–water partition coefficient (Wildman–Crippen LogP) is 5.65. The van der Waals surface area contributed by atoms with Gasteiger partial charge in [-0.15, -0.1) is 11.8 Å². The number of urea groups is 1. The molecule has 2 aromatic carbocycles. The lowest BCUT2D eigenvalue weighted by molar-refractivity contribution is -0.136. The molecule has 168 valence electrons. The van der Waals surface area contributed by atoms with E-state index in [1.165, 1.54) is 40.4 Å². The van der Waals surface area contributed by atoms with Crippen LogP contribution in [0.15, 0.2) is 88.7 Å². The summed E-state index contributed by atoms with van der Waals surface area (Å²) < 4.78 is 41.0. The number of alkyl halides is 3. The number of benzene rings is 2. The van der Waals surface area contributed by atoms with Gasteiger partial charge < -0.3 is 10.6 Å². The van der Waals surface area contributed by atoms with E-state index in [1.807, 2.05) is 0 Å². The topological polar surface area (TPSA) is 75.5 Å². The fourth-order valence-electron chi connectivity index (χ4n) is 3.14. The molecule has 0 fully saturated rings. The third kappa shape index (κ3) is 5.35. The van der Waals surface area contributed by atoms with Crippen molar-refractivity contribution in [3.05, 3.63) is 101 Å². The van der Waals surface area contributed by atoms with Gasteiger partial charge in [-0.05, 0) is 36.4 Å². The standard InChI is InChI=1S/C23H17F3N4O2S/c24-23(25,26)16-7-1-2-8-17(16)28-22(32)29-18-9-3-4-10-19(18)33-14-15-13-21(31)30-12-6-5-11-20(30)27-15/h1-13H,14H2,(H2,28,29,32). The van der Waals surface area contributed by atoms with Gasteiger partial charge in [-0.1, -0.05) is 30.3 Å². The highest BCUT2D eigenvalue weighted by Gasteiger charge is 2.33. The first-order valence-electron chi connectivity index (χ1n) is 9.74. The molecular formula is C23H17F3N4O2S. The van der Waals surface area contributed by atoms with E-state index in [2.05, 4.69) is 15.6 Å². The lowest BCUT2D eigenvalue weighted by Gasteiger charge is -2.15. The Morgan fingerprint density at radius 1 is 0.939 bits per heavy atom. The molecule has 2 N–H and O–H groups in total. The molecule has 0 aliphatic carbocycles. The lowest BCUT2D eigenvalue weighted by atomic mass is 10.1. The number of rotatable bonds is 5. The molecule has 0 spiro atoms. The number of hydrogen-bond donors (Lipinski definition) is 2. The van der Waals surface area contributed by atoms with E-state index in [-0.39, 0.29) is 11.2 Å². The minimum Gasteiger partial charge on any atom is -0.307 e. The molecule has 2 heterocycles. The molecule has 0 unspecified atom stereocenters. The van der Waals surface area contributed by atoms with Crippen molar-refractivity contribution in [2.45, 2.75) is 16.8 Å². The number of nitrogens with zero attached hydrogens (tertiary/aromatic N) is 2. The number of pyridine rings is 1. The largest absolute Gasteiger partial charge is 0.418 e. The molecular weight excluding hydrogens is 453 g/mol. The summed E-state index contributed by atoms with van der Waals surface area (Å²) in [5.74, 6) is 0.359. The first-order chi connectivity index (χ1) is 15.8. The molecule has 10 heteroatoms. The number of carbonyl (C=O) groups is 1. The van der Waals surface area contributed by atoms with Gasteiger partial charge in [0.15, 0.2) is 0 Å². The van der Waals surface area contributed by atoms with Crippen molar-refractivity contribution >= 4 is 34.8 Å². The molecule has 0 saturated carbocycles. The maximum absolute atomic E-state index is 13.2. The molecule has 0 saturated heterocycles. The van der Waals surface area contributed by atoms with Crippen LogP contribution in [0.25, 0.3) is 5.65 Å². The molecule has 2 aromatic heterocycles. The van der Waals surface area contributed by atoms with Gasteiger partial charge in [0.2, 0.25) is 0 Å². The van der Waals surface area contributed by atoms with E-state index in [4.69, 9.17) is 0 Å². The van der Waals surface area contributed by atoms with E-state index >= 15 is 0 Å². The van der Waals surface area contributed by atoms with Crippen LogP contribution in [0.2, 0.25) is 0 Å². The number of hydrogen-bond acceptors (Lipinski definition) is 4. The van der Waals surface area contributed by atoms with Crippen LogP contribution < -0.4 is 16.2 Å². The Balaban J connectivity index is 1.48. The summed E-state index contributed by atoms with van der Waals surface area (Å²) in [7, 11) is 0. The molecule has 2 amide bonds. The molecule has 0 aliphatic rings. The third-order valence-electron chi connectivity index (χ3n) is 4.62. The van der Waals surface area contributed by atoms with Crippen molar-refractivity contribution in [1.82, 2.24) is 9.38 Å². The van der Waals surface area contributed by atoms with E-state index in [1.54, 1.807) is 48.7 Å². The number of carbonyl (C=O) groups excluding carboxylic acids is 1. The summed E-state index contributed by atoms with van der Waals surface area (Å²) in [6.07, 6.45) is -2.96. The Morgan fingerprint density at radius 2 is 1.61 bits per heavy atom. The fourth-order valence-corrected chi connectivity index (χ4v) is 4.04. The SMILES string of the molecule is O=C(Nc1ccccc1SCc1cc(=O)n2ccccc2n1)Nc1ccccc1C(F)(F)F. The van der Waals surface area contributed by atoms with Gasteiger partial charge in [0.25, 0.3) is 5.56 Å². The van der Waals surface area contributed by atoms with Crippen LogP contribution in [-0.2, 0) is 11.9 Å². The van der Waals surface area contributed by atoms with Crippen LogP contribution in [0, 0.1) is 0 Å². The number of aromatic nitrogens is 2. The van der Waals surface area contributed by atoms with Gasteiger partial charge in [0, 0.05) is 22.9 Å². The van der Waals surface area contributed by atoms with Crippen molar-refractivity contribution in [1.29, 1.82) is 0 Å². The van der Waals surface area contributed by atoms with Crippen molar-refractivity contribution in [3.63, 3.8) is 0 Å². The Bertz CT molecular complexity index is 1370. The molecule has 4 rings (SSSR count). The first-order valence-corrected chi connectivity index (χ1v) is 10.7. The molecule has 4 aromatic rings. The van der Waals surface area contributed by atoms with Crippen LogP contribution in [-0.4, -0.2) is 15.4 Å². The fraction of sp³-hybridized carbons (Fsp3) is 0.0870. The summed E-state index contributed by atoms with van der Waals surface area (Å²) in [5.41, 5.74) is 0.0292. The van der Waals surface area contributed by atoms with E-state index in [9.17, 15) is 22.8 Å². The normalized spacial score (nSPS) is 11.4. The zero-order chi connectivity index (χ0) is 23.4. The van der Waals surface area contributed by atoms with Gasteiger partial charge in [-0.3, -0.25) is 9.20 Å². The Morgan fingerprint density at radius 3 is 2.39 bits per heavy atom. The summed E-state index contributed by atoms with van der Waals surface area (Å²) in [6.45, 7) is 0. The summed E-state index contributed by atoms with van der Waals surface area (Å²) in [6, 6.07) is 17.5. The van der Waals surface area contributed by atoms with Gasteiger partial charge in [-0.2, -0.15) is 13.2 Å². The van der Waals surface area contributed by atoms with Gasteiger partial charge in [-0.25, -0.2) is 9.78 Å². The van der Waals surface area contributed by atoms with Gasteiger partial charge in [0.1, 0.15) is 5.65 Å². The minimum absolute atomic E-state index is 0.203. The van der Waals surface area contributed by atoms with Crippen molar-refractivity contribution < 1.29 is 18.0 Å². The van der Waals surface area contributed by atoms with Crippen LogP contribution in [0.4, 0.5) is 29.3 Å². The zero-order valence-electron chi connectivity index (χ0n) is 17.0. The number of para-hydroxylation sites is 2. The second kappa shape index (κ2) is 9.37. The van der Waals surface area contributed by atoms with Gasteiger partial charge >= 0.3 is 12.2 Å². The summed E-state index contributed by atoms with van der Waals surface area (Å²) in [5, 5.41) is 4.85. The van der Waals surface area contributed by atoms with E-state index < -0.39 is 17.8 Å². The van der Waals surface area contributed by atoms with E-state index in [0.29, 0.717) is 27.7 Å². The van der Waals surface area contributed by atoms with Crippen molar-refractivity contribution in [3.8, 4) is 0 Å². The highest BCUT2D eigenvalue weighted by atomic mass is 32.2. The number of halogens is 3. The van der Waals surface area contributed by atoms with Crippen LogP contribution in [0.1, 0.15) is 11.3 Å². The molecule has 0 radical (unpaired) electrons. The number of amides is 2. The average molecular weight is 470 g/mol. The summed E-state index contributed by atoms with van der Waals surface area (Å²) in [4.78, 5) is 29.8. The number of nitrogens with one attached hydrogen (secondary N) is 2. The first kappa shape index (κ1) is 22.4. The second-order valence-corrected chi connectivity index (χ2v) is 7.94. The van der Waals surface area contributed by atoms with Crippen LogP contribution >= 0.6 is 11.8 Å². The number of thioether (sulfide) groups is 1. The molecule has 0 bridgehead atoms. The van der Waals surface area contributed by atoms with Crippen LogP contribution in [0.5, 0.6) is 0 Å². The highest BCUT2D eigenvalue weighted by molar-refractivity contribution is 7.98. The molecule has 0 atom stereocenters. The number of fused-ring (bicyclic) bond motifs is 1. The smallest absolute Gasteiger partial charge is 0.307 e. The maximum atomic E-state index is 13.2. The summed E-state index contributed by atoms with van der Waals surface area (Å²) >= 11 is 1.34. The zero-order valence-corrected chi connectivity index (χ0v) is 17.8. The predicted molar refractivity (Wildman–Crippen MR) is 122 cm³/mol. The Hall–Kier alpha value is -3.79. The van der Waals surface area contributed by atoms with E-state index in [0.717, 1.165) is 6.07 Å². The third-order valence-corrected chi connectivity index (χ3v) is 5.72. The number of anilines is 2. The Kier molecular flexibility index (Phi) is 6.36. The quantitative estimate of drug-likeness (QED) is 0.370. The highest BCUT2D eigenvalue weighted by Crippen LogP contribution is 2.35. The lowest BCUT2D eigenvalue weighted by Crippen LogP contribution is -2.22. The van der Waals surface area contributed by atoms with Crippen LogP contribution in [0.3, 0.4) is 0 Å². The average Bonchev–Trinajstić information content (AvgIpc) is 2.78. The molecule has 0 aliphatic heterocycles. The Labute approximate surface area is 190 Å². The maximum Gasteiger partial charge on any atom is 0.418 e. The monoisotopic (exact) mass is 470 g/mol.